The van der Waals surface area contributed by atoms with Gasteiger partial charge in [-0.25, -0.2) is 0 Å². The molecule has 0 N–H and O–H groups in total. The molecule has 14 heavy (non-hydrogen) atoms. The number of rotatable bonds is 2. The van der Waals surface area contributed by atoms with Crippen molar-refractivity contribution >= 4 is 24.4 Å². The van der Waals surface area contributed by atoms with Gasteiger partial charge in [0.2, 0.25) is 0 Å². The molecule has 1 saturated carbocycles. The van der Waals surface area contributed by atoms with Crippen molar-refractivity contribution in [1.29, 1.82) is 0 Å². The minimum Gasteiger partial charge on any atom is -0.300 e. The van der Waals surface area contributed by atoms with E-state index in [4.69, 9.17) is 0 Å². The molecule has 0 amide bonds. The number of hydrogen-bond acceptors (Lipinski definition) is 4. The number of thiol groups is 1. The van der Waals surface area contributed by atoms with Crippen molar-refractivity contribution < 1.29 is 0 Å². The van der Waals surface area contributed by atoms with Crippen LogP contribution in [0.25, 0.3) is 0 Å². The SMILES string of the molecule is Cn1c(S)nnc1SC1CCCCC1. The monoisotopic (exact) mass is 229 g/mol. The molecule has 0 spiro atoms. The Labute approximate surface area is 94.1 Å². The van der Waals surface area contributed by atoms with E-state index in [2.05, 4.69) is 22.8 Å². The first-order valence-electron chi connectivity index (χ1n) is 5.02. The summed E-state index contributed by atoms with van der Waals surface area (Å²) < 4.78 is 1.95. The van der Waals surface area contributed by atoms with E-state index in [1.165, 1.54) is 32.1 Å². The van der Waals surface area contributed by atoms with E-state index in [9.17, 15) is 0 Å². The highest BCUT2D eigenvalue weighted by Crippen LogP contribution is 2.32. The van der Waals surface area contributed by atoms with Crippen LogP contribution in [-0.2, 0) is 7.05 Å². The third-order valence-corrected chi connectivity index (χ3v) is 4.40. The first-order chi connectivity index (χ1) is 6.77. The molecule has 1 aromatic rings. The zero-order valence-electron chi connectivity index (χ0n) is 8.31. The maximum absolute atomic E-state index is 4.21. The maximum Gasteiger partial charge on any atom is 0.191 e. The van der Waals surface area contributed by atoms with E-state index in [1.54, 1.807) is 0 Å². The fourth-order valence-electron chi connectivity index (χ4n) is 1.74. The summed E-state index contributed by atoms with van der Waals surface area (Å²) in [5, 5.41) is 10.5. The van der Waals surface area contributed by atoms with Gasteiger partial charge in [-0.05, 0) is 12.8 Å². The van der Waals surface area contributed by atoms with Gasteiger partial charge in [0.25, 0.3) is 0 Å². The Morgan fingerprint density at radius 3 is 2.57 bits per heavy atom. The summed E-state index contributed by atoms with van der Waals surface area (Å²) in [6, 6.07) is 0. The van der Waals surface area contributed by atoms with Crippen molar-refractivity contribution in [2.75, 3.05) is 0 Å². The summed E-state index contributed by atoms with van der Waals surface area (Å²) in [4.78, 5) is 0. The highest BCUT2D eigenvalue weighted by atomic mass is 32.2. The van der Waals surface area contributed by atoms with Crippen LogP contribution in [0.1, 0.15) is 32.1 Å². The second kappa shape index (κ2) is 4.57. The van der Waals surface area contributed by atoms with Crippen LogP contribution in [0.2, 0.25) is 0 Å². The van der Waals surface area contributed by atoms with Gasteiger partial charge < -0.3 is 4.57 Å². The minimum absolute atomic E-state index is 0.698. The number of hydrogen-bond donors (Lipinski definition) is 1. The molecule has 0 atom stereocenters. The number of thioether (sulfide) groups is 1. The molecule has 0 saturated heterocycles. The maximum atomic E-state index is 4.21. The molecule has 1 heterocycles. The summed E-state index contributed by atoms with van der Waals surface area (Å²) in [6.45, 7) is 0. The fourth-order valence-corrected chi connectivity index (χ4v) is 3.15. The van der Waals surface area contributed by atoms with Gasteiger partial charge in [-0.2, -0.15) is 0 Å². The average Bonchev–Trinajstić information content (AvgIpc) is 2.52. The Kier molecular flexibility index (Phi) is 3.38. The summed E-state index contributed by atoms with van der Waals surface area (Å²) in [5.41, 5.74) is 0. The van der Waals surface area contributed by atoms with Crippen LogP contribution in [0.15, 0.2) is 10.3 Å². The number of nitrogens with zero attached hydrogens (tertiary/aromatic N) is 3. The Hall–Kier alpha value is -0.160. The molecule has 1 fully saturated rings. The highest BCUT2D eigenvalue weighted by molar-refractivity contribution is 7.99. The van der Waals surface area contributed by atoms with E-state index in [-0.39, 0.29) is 0 Å². The lowest BCUT2D eigenvalue weighted by Crippen LogP contribution is -2.09. The predicted octanol–water partition coefficient (Wildman–Crippen LogP) is 2.53. The summed E-state index contributed by atoms with van der Waals surface area (Å²) in [6.07, 6.45) is 6.76. The lowest BCUT2D eigenvalue weighted by molar-refractivity contribution is 0.514. The average molecular weight is 229 g/mol. The van der Waals surface area contributed by atoms with Crippen LogP contribution >= 0.6 is 24.4 Å². The molecule has 0 radical (unpaired) electrons. The summed E-state index contributed by atoms with van der Waals surface area (Å²) in [7, 11) is 1.97. The highest BCUT2D eigenvalue weighted by Gasteiger charge is 2.17. The minimum atomic E-state index is 0.698. The Morgan fingerprint density at radius 1 is 1.29 bits per heavy atom. The van der Waals surface area contributed by atoms with E-state index >= 15 is 0 Å². The van der Waals surface area contributed by atoms with Gasteiger partial charge in [0.05, 0.1) is 0 Å². The zero-order valence-corrected chi connectivity index (χ0v) is 10.0. The van der Waals surface area contributed by atoms with Gasteiger partial charge in [-0.15, -0.1) is 22.8 Å². The van der Waals surface area contributed by atoms with E-state index in [0.29, 0.717) is 5.16 Å². The lowest BCUT2D eigenvalue weighted by atomic mass is 10.0. The van der Waals surface area contributed by atoms with Crippen molar-refractivity contribution in [1.82, 2.24) is 14.8 Å². The second-order valence-corrected chi connectivity index (χ2v) is 5.39. The molecule has 3 nitrogen and oxygen atoms in total. The molecule has 78 valence electrons. The smallest absolute Gasteiger partial charge is 0.191 e. The van der Waals surface area contributed by atoms with Crippen LogP contribution in [0.3, 0.4) is 0 Å². The molecule has 0 aromatic carbocycles. The van der Waals surface area contributed by atoms with Crippen molar-refractivity contribution in [2.24, 2.45) is 7.05 Å². The molecule has 5 heteroatoms. The van der Waals surface area contributed by atoms with Gasteiger partial charge >= 0.3 is 0 Å². The van der Waals surface area contributed by atoms with Crippen molar-refractivity contribution in [3.8, 4) is 0 Å². The van der Waals surface area contributed by atoms with E-state index < -0.39 is 0 Å². The molecule has 1 aromatic heterocycles. The third kappa shape index (κ3) is 2.25. The van der Waals surface area contributed by atoms with Crippen molar-refractivity contribution in [2.45, 2.75) is 47.7 Å². The zero-order chi connectivity index (χ0) is 9.97. The molecule has 1 aliphatic carbocycles. The molecule has 0 unspecified atom stereocenters. The van der Waals surface area contributed by atoms with Crippen LogP contribution in [0, 0.1) is 0 Å². The fraction of sp³-hybridized carbons (Fsp3) is 0.778. The second-order valence-electron chi connectivity index (χ2n) is 3.72. The van der Waals surface area contributed by atoms with Gasteiger partial charge in [0.15, 0.2) is 10.3 Å². The number of aromatic nitrogens is 3. The van der Waals surface area contributed by atoms with Crippen LogP contribution < -0.4 is 0 Å². The molecule has 1 aliphatic rings. The van der Waals surface area contributed by atoms with Crippen LogP contribution in [0.4, 0.5) is 0 Å². The topological polar surface area (TPSA) is 30.7 Å². The van der Waals surface area contributed by atoms with Gasteiger partial charge in [-0.3, -0.25) is 0 Å². The Morgan fingerprint density at radius 2 is 2.00 bits per heavy atom. The van der Waals surface area contributed by atoms with Crippen LogP contribution in [0.5, 0.6) is 0 Å². The molecule has 0 aliphatic heterocycles. The van der Waals surface area contributed by atoms with Crippen LogP contribution in [-0.4, -0.2) is 20.0 Å². The van der Waals surface area contributed by atoms with Gasteiger partial charge in [0, 0.05) is 12.3 Å². The first kappa shape index (κ1) is 10.4. The molecular formula is C9H15N3S2. The van der Waals surface area contributed by atoms with Gasteiger partial charge in [0.1, 0.15) is 0 Å². The third-order valence-electron chi connectivity index (χ3n) is 2.64. The lowest BCUT2D eigenvalue weighted by Gasteiger charge is -2.19. The van der Waals surface area contributed by atoms with Crippen molar-refractivity contribution in [3.63, 3.8) is 0 Å². The molecule has 0 bridgehead atoms. The molecular weight excluding hydrogens is 214 g/mol. The van der Waals surface area contributed by atoms with E-state index in [1.807, 2.05) is 23.4 Å². The quantitative estimate of drug-likeness (QED) is 0.791. The van der Waals surface area contributed by atoms with E-state index in [0.717, 1.165) is 10.4 Å². The largest absolute Gasteiger partial charge is 0.300 e. The normalized spacial score (nSPS) is 18.7. The first-order valence-corrected chi connectivity index (χ1v) is 6.35. The standard InChI is InChI=1S/C9H15N3S2/c1-12-8(13)10-11-9(12)14-7-5-3-2-4-6-7/h7H,2-6H2,1H3,(H,10,13). The summed E-state index contributed by atoms with van der Waals surface area (Å²) >= 11 is 6.06. The predicted molar refractivity (Wildman–Crippen MR) is 61.0 cm³/mol. The Balaban J connectivity index is 1.99. The Bertz CT molecular complexity index is 305. The summed E-state index contributed by atoms with van der Waals surface area (Å²) in [5.74, 6) is 0. The molecule has 2 rings (SSSR count). The van der Waals surface area contributed by atoms with Gasteiger partial charge in [-0.1, -0.05) is 31.0 Å². The van der Waals surface area contributed by atoms with Crippen molar-refractivity contribution in [3.05, 3.63) is 0 Å².